The summed E-state index contributed by atoms with van der Waals surface area (Å²) in [6.07, 6.45) is 70.8. The first-order valence-electron chi connectivity index (χ1n) is 26.4. The van der Waals surface area contributed by atoms with Gasteiger partial charge < -0.3 is 14.2 Å². The van der Waals surface area contributed by atoms with Crippen molar-refractivity contribution in [3.8, 4) is 0 Å². The maximum Gasteiger partial charge on any atom is 0.306 e. The van der Waals surface area contributed by atoms with Crippen molar-refractivity contribution in [1.29, 1.82) is 0 Å². The van der Waals surface area contributed by atoms with E-state index in [2.05, 4.69) is 118 Å². The van der Waals surface area contributed by atoms with E-state index in [4.69, 9.17) is 14.2 Å². The Labute approximate surface area is 400 Å². The number of hydrogen-bond acceptors (Lipinski definition) is 6. The summed E-state index contributed by atoms with van der Waals surface area (Å²) in [5.41, 5.74) is 0. The van der Waals surface area contributed by atoms with E-state index in [-0.39, 0.29) is 37.5 Å². The van der Waals surface area contributed by atoms with Crippen LogP contribution < -0.4 is 0 Å². The van der Waals surface area contributed by atoms with Gasteiger partial charge in [-0.2, -0.15) is 0 Å². The van der Waals surface area contributed by atoms with Gasteiger partial charge in [0.2, 0.25) is 0 Å². The van der Waals surface area contributed by atoms with Gasteiger partial charge in [-0.25, -0.2) is 0 Å². The molecule has 0 aromatic heterocycles. The van der Waals surface area contributed by atoms with E-state index in [9.17, 15) is 14.4 Å². The third-order valence-corrected chi connectivity index (χ3v) is 10.7. The lowest BCUT2D eigenvalue weighted by Gasteiger charge is -2.18. The molecule has 0 rings (SSSR count). The molecule has 0 heterocycles. The fourth-order valence-electron chi connectivity index (χ4n) is 6.79. The average molecular weight is 901 g/mol. The number of ether oxygens (including phenoxy) is 3. The molecule has 0 bridgehead atoms. The molecule has 0 aromatic rings. The van der Waals surface area contributed by atoms with Gasteiger partial charge in [-0.3, -0.25) is 14.4 Å². The van der Waals surface area contributed by atoms with Gasteiger partial charge in [0.05, 0.1) is 0 Å². The SMILES string of the molecule is CC/C=C\C/C=C\C/C=C\C/C=C\C/C=C\C/C=C\CCC(=O)OCC(COC(=O)CCCCCCC/C=C\C/C=C\CCC)OC(=O)CCCCCCC/C=C\CCCCCCCC. The molecule has 0 amide bonds. The number of carbonyl (C=O) groups is 3. The fraction of sp³-hybridized carbons (Fsp3) is 0.644. The molecular formula is C59H96O6. The molecule has 0 aromatic carbocycles. The molecular weight excluding hydrogens is 805 g/mol. The first kappa shape index (κ1) is 61.1. The molecule has 0 saturated heterocycles. The molecule has 0 N–H and O–H groups in total. The molecule has 1 unspecified atom stereocenters. The minimum atomic E-state index is -0.820. The van der Waals surface area contributed by atoms with Crippen LogP contribution in [0, 0.1) is 0 Å². The van der Waals surface area contributed by atoms with E-state index in [0.29, 0.717) is 19.3 Å². The van der Waals surface area contributed by atoms with Crippen LogP contribution in [0.4, 0.5) is 0 Å². The van der Waals surface area contributed by atoms with Crippen LogP contribution in [0.25, 0.3) is 0 Å². The zero-order valence-electron chi connectivity index (χ0n) is 42.0. The van der Waals surface area contributed by atoms with E-state index < -0.39 is 6.10 Å². The van der Waals surface area contributed by atoms with Crippen molar-refractivity contribution in [1.82, 2.24) is 0 Å². The Morgan fingerprint density at radius 3 is 1.11 bits per heavy atom. The van der Waals surface area contributed by atoms with Gasteiger partial charge in [0.15, 0.2) is 6.10 Å². The third kappa shape index (κ3) is 50.9. The lowest BCUT2D eigenvalue weighted by Crippen LogP contribution is -2.30. The zero-order valence-corrected chi connectivity index (χ0v) is 42.0. The molecule has 368 valence electrons. The van der Waals surface area contributed by atoms with Crippen molar-refractivity contribution in [2.75, 3.05) is 13.2 Å². The van der Waals surface area contributed by atoms with Crippen LogP contribution in [-0.4, -0.2) is 37.2 Å². The summed E-state index contributed by atoms with van der Waals surface area (Å²) >= 11 is 0. The largest absolute Gasteiger partial charge is 0.462 e. The van der Waals surface area contributed by atoms with Crippen molar-refractivity contribution in [2.24, 2.45) is 0 Å². The second kappa shape index (κ2) is 52.7. The molecule has 65 heavy (non-hydrogen) atoms. The Morgan fingerprint density at radius 1 is 0.323 bits per heavy atom. The normalized spacial score (nSPS) is 13.0. The minimum absolute atomic E-state index is 0.114. The maximum absolute atomic E-state index is 12.8. The third-order valence-electron chi connectivity index (χ3n) is 10.7. The van der Waals surface area contributed by atoms with Gasteiger partial charge in [0.25, 0.3) is 0 Å². The zero-order chi connectivity index (χ0) is 47.2. The molecule has 1 atom stereocenters. The van der Waals surface area contributed by atoms with Crippen LogP contribution in [0.2, 0.25) is 0 Å². The summed E-state index contributed by atoms with van der Waals surface area (Å²) in [6.45, 7) is 6.36. The lowest BCUT2D eigenvalue weighted by atomic mass is 10.1. The van der Waals surface area contributed by atoms with Crippen LogP contribution in [0.15, 0.2) is 109 Å². The Balaban J connectivity index is 4.54. The highest BCUT2D eigenvalue weighted by molar-refractivity contribution is 5.71. The monoisotopic (exact) mass is 901 g/mol. The molecule has 6 heteroatoms. The van der Waals surface area contributed by atoms with E-state index in [0.717, 1.165) is 122 Å². The molecule has 0 saturated carbocycles. The summed E-state index contributed by atoms with van der Waals surface area (Å²) in [6, 6.07) is 0. The Bertz CT molecular complexity index is 1360. The number of esters is 3. The predicted octanol–water partition coefficient (Wildman–Crippen LogP) is 17.5. The number of rotatable bonds is 46. The Morgan fingerprint density at radius 2 is 0.662 bits per heavy atom. The van der Waals surface area contributed by atoms with E-state index in [1.165, 1.54) is 57.8 Å². The van der Waals surface area contributed by atoms with Gasteiger partial charge >= 0.3 is 17.9 Å². The summed E-state index contributed by atoms with van der Waals surface area (Å²) in [4.78, 5) is 38.0. The fourth-order valence-corrected chi connectivity index (χ4v) is 6.79. The second-order valence-corrected chi connectivity index (χ2v) is 17.0. The summed E-state index contributed by atoms with van der Waals surface area (Å²) in [5, 5.41) is 0. The van der Waals surface area contributed by atoms with Gasteiger partial charge in [-0.15, -0.1) is 0 Å². The van der Waals surface area contributed by atoms with Crippen molar-refractivity contribution in [2.45, 2.75) is 232 Å². The van der Waals surface area contributed by atoms with Crippen LogP contribution in [0.5, 0.6) is 0 Å². The molecule has 0 spiro atoms. The van der Waals surface area contributed by atoms with E-state index in [1.54, 1.807) is 0 Å². The first-order valence-corrected chi connectivity index (χ1v) is 26.4. The quantitative estimate of drug-likeness (QED) is 0.0262. The van der Waals surface area contributed by atoms with Gasteiger partial charge in [-0.1, -0.05) is 207 Å². The van der Waals surface area contributed by atoms with Crippen LogP contribution in [0.1, 0.15) is 226 Å². The van der Waals surface area contributed by atoms with Crippen LogP contribution in [-0.2, 0) is 28.6 Å². The smallest absolute Gasteiger partial charge is 0.306 e. The van der Waals surface area contributed by atoms with Crippen molar-refractivity contribution < 1.29 is 28.6 Å². The van der Waals surface area contributed by atoms with E-state index in [1.807, 2.05) is 12.2 Å². The Kier molecular flexibility index (Phi) is 49.5. The predicted molar refractivity (Wildman–Crippen MR) is 279 cm³/mol. The highest BCUT2D eigenvalue weighted by atomic mass is 16.6. The topological polar surface area (TPSA) is 78.9 Å². The molecule has 0 aliphatic carbocycles. The summed E-state index contributed by atoms with van der Waals surface area (Å²) < 4.78 is 16.7. The molecule has 6 nitrogen and oxygen atoms in total. The number of unbranched alkanes of at least 4 members (excludes halogenated alkanes) is 17. The lowest BCUT2D eigenvalue weighted by molar-refractivity contribution is -0.166. The average Bonchev–Trinajstić information content (AvgIpc) is 3.30. The number of hydrogen-bond donors (Lipinski definition) is 0. The van der Waals surface area contributed by atoms with Gasteiger partial charge in [-0.05, 0) is 109 Å². The van der Waals surface area contributed by atoms with Crippen LogP contribution >= 0.6 is 0 Å². The summed E-state index contributed by atoms with van der Waals surface area (Å²) in [7, 11) is 0. The Hall–Kier alpha value is -3.93. The molecule has 0 aliphatic rings. The number of carbonyl (C=O) groups excluding carboxylic acids is 3. The van der Waals surface area contributed by atoms with Crippen molar-refractivity contribution in [3.05, 3.63) is 109 Å². The minimum Gasteiger partial charge on any atom is -0.462 e. The van der Waals surface area contributed by atoms with Crippen LogP contribution in [0.3, 0.4) is 0 Å². The van der Waals surface area contributed by atoms with Gasteiger partial charge in [0, 0.05) is 19.3 Å². The summed E-state index contributed by atoms with van der Waals surface area (Å²) in [5.74, 6) is -1.03. The van der Waals surface area contributed by atoms with Crippen molar-refractivity contribution >= 4 is 17.9 Å². The van der Waals surface area contributed by atoms with E-state index >= 15 is 0 Å². The van der Waals surface area contributed by atoms with Crippen molar-refractivity contribution in [3.63, 3.8) is 0 Å². The standard InChI is InChI=1S/C59H96O6/c1-4-7-10-13-16-19-22-25-27-28-29-30-32-34-37-40-43-46-49-52-58(61)64-55-56(54-63-57(60)51-48-45-42-39-36-33-24-21-18-15-12-9-6-3)65-59(62)53-50-47-44-41-38-35-31-26-23-20-17-14-11-8-5-2/h7,10,12,15-16,19,21,24-27,29-31,34,37,43,46,56H,4-6,8-9,11,13-14,17-18,20,22-23,28,32-33,35-36,38-42,44-45,47-55H2,1-3H3/b10-7-,15-12-,19-16-,24-21-,27-25-,30-29-,31-26-,37-34-,46-43-. The highest BCUT2D eigenvalue weighted by Gasteiger charge is 2.19. The first-order chi connectivity index (χ1) is 32.0. The second-order valence-electron chi connectivity index (χ2n) is 17.0. The van der Waals surface area contributed by atoms with Gasteiger partial charge in [0.1, 0.15) is 13.2 Å². The molecule has 0 aliphatic heterocycles. The molecule has 0 fully saturated rings. The highest BCUT2D eigenvalue weighted by Crippen LogP contribution is 2.13. The number of allylic oxidation sites excluding steroid dienone is 18. The maximum atomic E-state index is 12.8. The molecule has 0 radical (unpaired) electrons.